The number of phenolic OH excluding ortho intramolecular Hbond substituents is 1. The summed E-state index contributed by atoms with van der Waals surface area (Å²) in [6.45, 7) is 0.377. The average molecular weight is 316 g/mol. The van der Waals surface area contributed by atoms with Crippen molar-refractivity contribution in [3.63, 3.8) is 0 Å². The lowest BCUT2D eigenvalue weighted by Crippen LogP contribution is -2.21. The van der Waals surface area contributed by atoms with E-state index in [0.29, 0.717) is 6.54 Å². The van der Waals surface area contributed by atoms with Crippen molar-refractivity contribution < 1.29 is 5.11 Å². The number of aromatic hydroxyl groups is 1. The predicted molar refractivity (Wildman–Crippen MR) is 68.4 cm³/mol. The Kier molecular flexibility index (Phi) is 3.49. The molecule has 0 aliphatic rings. The van der Waals surface area contributed by atoms with E-state index < -0.39 is 0 Å². The Morgan fingerprint density at radius 1 is 1.35 bits per heavy atom. The van der Waals surface area contributed by atoms with E-state index in [2.05, 4.69) is 20.9 Å². The summed E-state index contributed by atoms with van der Waals surface area (Å²) in [4.78, 5) is 15.7. The third kappa shape index (κ3) is 2.68. The van der Waals surface area contributed by atoms with Crippen molar-refractivity contribution in [1.29, 1.82) is 0 Å². The fraction of sp³-hybridized carbons (Fsp3) is 0.0909. The molecule has 0 atom stereocenters. The van der Waals surface area contributed by atoms with Gasteiger partial charge in [0.15, 0.2) is 5.15 Å². The number of phenols is 1. The molecule has 0 bridgehead atoms. The third-order valence-electron chi connectivity index (χ3n) is 2.23. The van der Waals surface area contributed by atoms with Gasteiger partial charge in [-0.25, -0.2) is 4.98 Å². The van der Waals surface area contributed by atoms with Gasteiger partial charge in [-0.2, -0.15) is 0 Å². The van der Waals surface area contributed by atoms with Crippen LogP contribution in [0, 0.1) is 0 Å². The maximum Gasteiger partial charge on any atom is 0.269 e. The van der Waals surface area contributed by atoms with Crippen LogP contribution >= 0.6 is 27.5 Å². The minimum atomic E-state index is -0.238. The van der Waals surface area contributed by atoms with Gasteiger partial charge in [0, 0.05) is 0 Å². The smallest absolute Gasteiger partial charge is 0.269 e. The zero-order valence-electron chi connectivity index (χ0n) is 8.60. The lowest BCUT2D eigenvalue weighted by atomic mass is 10.2. The van der Waals surface area contributed by atoms with E-state index in [4.69, 9.17) is 16.7 Å². The largest absolute Gasteiger partial charge is 0.508 e. The highest BCUT2D eigenvalue weighted by atomic mass is 79.9. The summed E-state index contributed by atoms with van der Waals surface area (Å²) < 4.78 is 1.68. The normalized spacial score (nSPS) is 10.5. The number of rotatable bonds is 2. The second kappa shape index (κ2) is 4.89. The molecule has 0 aliphatic carbocycles. The van der Waals surface area contributed by atoms with E-state index in [-0.39, 0.29) is 20.9 Å². The highest BCUT2D eigenvalue weighted by Crippen LogP contribution is 2.15. The summed E-state index contributed by atoms with van der Waals surface area (Å²) in [7, 11) is 0. The fourth-order valence-electron chi connectivity index (χ4n) is 1.35. The maximum absolute atomic E-state index is 11.8. The SMILES string of the molecule is O=c1c(Br)c(Cl)ncn1Cc1ccc(O)cc1. The van der Waals surface area contributed by atoms with Crippen LogP contribution in [0.2, 0.25) is 5.15 Å². The number of aromatic nitrogens is 2. The molecule has 1 heterocycles. The Balaban J connectivity index is 2.34. The summed E-state index contributed by atoms with van der Waals surface area (Å²) in [6, 6.07) is 6.62. The second-order valence-corrected chi connectivity index (χ2v) is 4.60. The van der Waals surface area contributed by atoms with Gasteiger partial charge in [-0.15, -0.1) is 0 Å². The van der Waals surface area contributed by atoms with Crippen LogP contribution in [0.4, 0.5) is 0 Å². The van der Waals surface area contributed by atoms with Crippen molar-refractivity contribution in [2.45, 2.75) is 6.54 Å². The molecule has 2 aromatic rings. The molecule has 0 saturated heterocycles. The van der Waals surface area contributed by atoms with E-state index >= 15 is 0 Å². The van der Waals surface area contributed by atoms with Crippen molar-refractivity contribution in [2.75, 3.05) is 0 Å². The first-order chi connectivity index (χ1) is 8.08. The van der Waals surface area contributed by atoms with Gasteiger partial charge in [0.05, 0.1) is 12.9 Å². The Hall–Kier alpha value is -1.33. The number of hydrogen-bond donors (Lipinski definition) is 1. The lowest BCUT2D eigenvalue weighted by molar-refractivity contribution is 0.475. The van der Waals surface area contributed by atoms with E-state index in [1.165, 1.54) is 10.9 Å². The van der Waals surface area contributed by atoms with Crippen LogP contribution in [0.1, 0.15) is 5.56 Å². The minimum absolute atomic E-state index is 0.150. The Bertz CT molecular complexity index is 595. The van der Waals surface area contributed by atoms with Gasteiger partial charge in [-0.1, -0.05) is 23.7 Å². The lowest BCUT2D eigenvalue weighted by Gasteiger charge is -2.06. The molecule has 0 fully saturated rings. The Morgan fingerprint density at radius 3 is 2.65 bits per heavy atom. The molecule has 1 N–H and O–H groups in total. The standard InChI is InChI=1S/C11H8BrClN2O2/c12-9-10(13)14-6-15(11(9)17)5-7-1-3-8(16)4-2-7/h1-4,6,16H,5H2. The molecule has 0 radical (unpaired) electrons. The highest BCUT2D eigenvalue weighted by molar-refractivity contribution is 9.10. The van der Waals surface area contributed by atoms with Gasteiger partial charge in [-0.05, 0) is 33.6 Å². The van der Waals surface area contributed by atoms with Gasteiger partial charge < -0.3 is 5.11 Å². The van der Waals surface area contributed by atoms with Crippen LogP contribution in [0.3, 0.4) is 0 Å². The molecule has 0 amide bonds. The zero-order chi connectivity index (χ0) is 12.4. The van der Waals surface area contributed by atoms with Gasteiger partial charge in [0.1, 0.15) is 10.2 Å². The molecular formula is C11H8BrClN2O2. The van der Waals surface area contributed by atoms with Crippen molar-refractivity contribution in [1.82, 2.24) is 9.55 Å². The highest BCUT2D eigenvalue weighted by Gasteiger charge is 2.07. The first-order valence-corrected chi connectivity index (χ1v) is 5.93. The molecular weight excluding hydrogens is 307 g/mol. The quantitative estimate of drug-likeness (QED) is 0.866. The molecule has 6 heteroatoms. The van der Waals surface area contributed by atoms with Gasteiger partial charge in [-0.3, -0.25) is 9.36 Å². The van der Waals surface area contributed by atoms with Crippen molar-refractivity contribution >= 4 is 27.5 Å². The molecule has 17 heavy (non-hydrogen) atoms. The van der Waals surface area contributed by atoms with Crippen LogP contribution in [0.15, 0.2) is 39.9 Å². The van der Waals surface area contributed by atoms with Crippen molar-refractivity contribution in [2.24, 2.45) is 0 Å². The fourth-order valence-corrected chi connectivity index (χ4v) is 1.81. The molecule has 88 valence electrons. The van der Waals surface area contributed by atoms with E-state index in [0.717, 1.165) is 5.56 Å². The summed E-state index contributed by atoms with van der Waals surface area (Å²) in [6.07, 6.45) is 1.39. The van der Waals surface area contributed by atoms with E-state index in [1.807, 2.05) is 0 Å². The van der Waals surface area contributed by atoms with Gasteiger partial charge >= 0.3 is 0 Å². The molecule has 2 rings (SSSR count). The second-order valence-electron chi connectivity index (χ2n) is 3.45. The number of hydrogen-bond acceptors (Lipinski definition) is 3. The summed E-state index contributed by atoms with van der Waals surface area (Å²) in [5.41, 5.74) is 0.652. The van der Waals surface area contributed by atoms with Crippen LogP contribution in [0.25, 0.3) is 0 Å². The summed E-state index contributed by atoms with van der Waals surface area (Å²) >= 11 is 8.79. The summed E-state index contributed by atoms with van der Waals surface area (Å²) in [5.74, 6) is 0.191. The third-order valence-corrected chi connectivity index (χ3v) is 3.46. The predicted octanol–water partition coefficient (Wildman–Crippen LogP) is 2.41. The number of benzene rings is 1. The molecule has 0 spiro atoms. The minimum Gasteiger partial charge on any atom is -0.508 e. The maximum atomic E-state index is 11.8. The van der Waals surface area contributed by atoms with Gasteiger partial charge in [0.2, 0.25) is 0 Å². The first kappa shape index (κ1) is 12.1. The molecule has 0 aliphatic heterocycles. The topological polar surface area (TPSA) is 55.1 Å². The average Bonchev–Trinajstić information content (AvgIpc) is 2.33. The molecule has 0 unspecified atom stereocenters. The molecule has 0 saturated carbocycles. The molecule has 1 aromatic heterocycles. The number of halogens is 2. The number of nitrogens with zero attached hydrogens (tertiary/aromatic N) is 2. The van der Waals surface area contributed by atoms with Crippen LogP contribution in [-0.2, 0) is 6.54 Å². The van der Waals surface area contributed by atoms with Crippen molar-refractivity contribution in [3.05, 3.63) is 56.1 Å². The van der Waals surface area contributed by atoms with Crippen LogP contribution in [0.5, 0.6) is 5.75 Å². The zero-order valence-corrected chi connectivity index (χ0v) is 10.9. The van der Waals surface area contributed by atoms with Gasteiger partial charge in [0.25, 0.3) is 5.56 Å². The summed E-state index contributed by atoms with van der Waals surface area (Å²) in [5, 5.41) is 9.30. The van der Waals surface area contributed by atoms with Crippen LogP contribution < -0.4 is 5.56 Å². The van der Waals surface area contributed by atoms with Crippen molar-refractivity contribution in [3.8, 4) is 5.75 Å². The Morgan fingerprint density at radius 2 is 2.00 bits per heavy atom. The van der Waals surface area contributed by atoms with Crippen LogP contribution in [-0.4, -0.2) is 14.7 Å². The molecule has 4 nitrogen and oxygen atoms in total. The Labute approximate surface area is 111 Å². The van der Waals surface area contributed by atoms with E-state index in [9.17, 15) is 4.79 Å². The monoisotopic (exact) mass is 314 g/mol. The first-order valence-electron chi connectivity index (χ1n) is 4.76. The van der Waals surface area contributed by atoms with E-state index in [1.54, 1.807) is 24.3 Å². The molecule has 1 aromatic carbocycles.